The number of unbranched alkanes of at least 4 members (excludes halogenated alkanes) is 2. The lowest BCUT2D eigenvalue weighted by Crippen LogP contribution is -2.23. The Bertz CT molecular complexity index is 1180. The molecular formula is C22H21N3O2S. The molecular weight excluding hydrogens is 370 g/mol. The fraction of sp³-hybridized carbons (Fsp3) is 0.227. The van der Waals surface area contributed by atoms with Gasteiger partial charge in [0.2, 0.25) is 4.96 Å². The molecule has 28 heavy (non-hydrogen) atoms. The minimum absolute atomic E-state index is 0.157. The number of hydrogen-bond acceptors (Lipinski definition) is 5. The summed E-state index contributed by atoms with van der Waals surface area (Å²) in [6.07, 6.45) is 5.19. The maximum atomic E-state index is 12.8. The van der Waals surface area contributed by atoms with Crippen molar-refractivity contribution in [3.8, 4) is 17.1 Å². The van der Waals surface area contributed by atoms with Gasteiger partial charge in [-0.15, -0.1) is 5.10 Å². The van der Waals surface area contributed by atoms with E-state index in [0.29, 0.717) is 21.9 Å². The van der Waals surface area contributed by atoms with Crippen LogP contribution >= 0.6 is 11.3 Å². The van der Waals surface area contributed by atoms with Gasteiger partial charge in [-0.2, -0.15) is 9.50 Å². The molecule has 142 valence electrons. The lowest BCUT2D eigenvalue weighted by atomic mass is 10.2. The Morgan fingerprint density at radius 3 is 2.64 bits per heavy atom. The standard InChI is InChI=1S/C22H21N3O2S/c1-2-3-9-14-27-18-13-8-7-12-17(18)15-19-21(26)25-22(28-19)23-20(24-25)16-10-5-4-6-11-16/h4-8,10-13,15H,2-3,9,14H2,1H3/b19-15-. The average molecular weight is 391 g/mol. The molecule has 0 bridgehead atoms. The van der Waals surface area contributed by atoms with Gasteiger partial charge in [-0.05, 0) is 18.6 Å². The summed E-state index contributed by atoms with van der Waals surface area (Å²) in [5, 5.41) is 4.39. The molecule has 0 aliphatic carbocycles. The molecule has 0 saturated carbocycles. The van der Waals surface area contributed by atoms with Gasteiger partial charge in [0, 0.05) is 11.1 Å². The number of para-hydroxylation sites is 1. The number of rotatable bonds is 7. The van der Waals surface area contributed by atoms with Gasteiger partial charge in [-0.3, -0.25) is 4.79 Å². The minimum atomic E-state index is -0.157. The molecule has 6 heteroatoms. The third-order valence-corrected chi connectivity index (χ3v) is 5.38. The second kappa shape index (κ2) is 8.35. The van der Waals surface area contributed by atoms with E-state index in [1.807, 2.05) is 60.7 Å². The first-order valence-corrected chi connectivity index (χ1v) is 10.3. The molecule has 4 rings (SSSR count). The Morgan fingerprint density at radius 2 is 1.86 bits per heavy atom. The van der Waals surface area contributed by atoms with Gasteiger partial charge in [-0.25, -0.2) is 0 Å². The van der Waals surface area contributed by atoms with E-state index in [4.69, 9.17) is 4.74 Å². The van der Waals surface area contributed by atoms with Crippen molar-refractivity contribution in [3.63, 3.8) is 0 Å². The number of nitrogens with zero attached hydrogens (tertiary/aromatic N) is 3. The summed E-state index contributed by atoms with van der Waals surface area (Å²) in [5.74, 6) is 1.36. The van der Waals surface area contributed by atoms with Crippen LogP contribution in [-0.2, 0) is 0 Å². The van der Waals surface area contributed by atoms with Crippen molar-refractivity contribution in [1.29, 1.82) is 0 Å². The van der Waals surface area contributed by atoms with E-state index in [9.17, 15) is 4.79 Å². The minimum Gasteiger partial charge on any atom is -0.493 e. The summed E-state index contributed by atoms with van der Waals surface area (Å²) in [7, 11) is 0. The number of hydrogen-bond donors (Lipinski definition) is 0. The highest BCUT2D eigenvalue weighted by atomic mass is 32.1. The zero-order chi connectivity index (χ0) is 19.3. The van der Waals surface area contributed by atoms with E-state index in [0.717, 1.165) is 36.1 Å². The molecule has 2 heterocycles. The molecule has 0 N–H and O–H groups in total. The third kappa shape index (κ3) is 3.82. The van der Waals surface area contributed by atoms with Crippen LogP contribution in [0, 0.1) is 0 Å². The second-order valence-corrected chi connectivity index (χ2v) is 7.51. The first-order valence-electron chi connectivity index (χ1n) is 9.45. The number of fused-ring (bicyclic) bond motifs is 1. The Balaban J connectivity index is 1.66. The van der Waals surface area contributed by atoms with Crippen molar-refractivity contribution < 1.29 is 4.74 Å². The van der Waals surface area contributed by atoms with Crippen LogP contribution in [0.3, 0.4) is 0 Å². The van der Waals surface area contributed by atoms with Crippen LogP contribution in [0.1, 0.15) is 31.7 Å². The van der Waals surface area contributed by atoms with Gasteiger partial charge in [0.25, 0.3) is 5.56 Å². The first-order chi connectivity index (χ1) is 13.8. The maximum absolute atomic E-state index is 12.8. The number of ether oxygens (including phenoxy) is 1. The van der Waals surface area contributed by atoms with Gasteiger partial charge in [0.1, 0.15) is 5.75 Å². The zero-order valence-electron chi connectivity index (χ0n) is 15.7. The van der Waals surface area contributed by atoms with E-state index in [1.165, 1.54) is 15.9 Å². The number of benzene rings is 2. The molecule has 5 nitrogen and oxygen atoms in total. The largest absolute Gasteiger partial charge is 0.493 e. The quantitative estimate of drug-likeness (QED) is 0.448. The topological polar surface area (TPSA) is 56.5 Å². The summed E-state index contributed by atoms with van der Waals surface area (Å²) in [6.45, 7) is 2.85. The summed E-state index contributed by atoms with van der Waals surface area (Å²) in [5.41, 5.74) is 1.63. The Morgan fingerprint density at radius 1 is 1.07 bits per heavy atom. The van der Waals surface area contributed by atoms with Crippen LogP contribution in [-0.4, -0.2) is 21.2 Å². The van der Waals surface area contributed by atoms with Gasteiger partial charge in [0.15, 0.2) is 5.82 Å². The highest BCUT2D eigenvalue weighted by molar-refractivity contribution is 7.15. The molecule has 0 fully saturated rings. The number of thiazole rings is 1. The predicted octanol–water partition coefficient (Wildman–Crippen LogP) is 3.93. The molecule has 0 spiro atoms. The van der Waals surface area contributed by atoms with Crippen molar-refractivity contribution in [2.45, 2.75) is 26.2 Å². The summed E-state index contributed by atoms with van der Waals surface area (Å²) < 4.78 is 7.89. The molecule has 4 aromatic rings. The smallest absolute Gasteiger partial charge is 0.291 e. The van der Waals surface area contributed by atoms with E-state index in [2.05, 4.69) is 17.0 Å². The molecule has 0 saturated heterocycles. The highest BCUT2D eigenvalue weighted by Crippen LogP contribution is 2.20. The normalized spacial score (nSPS) is 12.0. The van der Waals surface area contributed by atoms with Crippen molar-refractivity contribution in [1.82, 2.24) is 14.6 Å². The summed E-state index contributed by atoms with van der Waals surface area (Å²) >= 11 is 1.34. The van der Waals surface area contributed by atoms with Crippen LogP contribution in [0.15, 0.2) is 59.4 Å². The molecule has 2 aromatic heterocycles. The summed E-state index contributed by atoms with van der Waals surface area (Å²) in [6, 6.07) is 17.5. The Hall–Kier alpha value is -2.99. The molecule has 0 amide bonds. The highest BCUT2D eigenvalue weighted by Gasteiger charge is 2.12. The van der Waals surface area contributed by atoms with E-state index >= 15 is 0 Å². The van der Waals surface area contributed by atoms with Gasteiger partial charge in [0.05, 0.1) is 11.1 Å². The van der Waals surface area contributed by atoms with Gasteiger partial charge in [-0.1, -0.05) is 79.6 Å². The Labute approximate surface area is 166 Å². The SMILES string of the molecule is CCCCCOc1ccccc1/C=c1\sc2nc(-c3ccccc3)nn2c1=O. The van der Waals surface area contributed by atoms with Gasteiger partial charge >= 0.3 is 0 Å². The van der Waals surface area contributed by atoms with E-state index < -0.39 is 0 Å². The first kappa shape index (κ1) is 18.4. The van der Waals surface area contributed by atoms with Crippen molar-refractivity contribution in [3.05, 3.63) is 75.0 Å². The fourth-order valence-corrected chi connectivity index (χ4v) is 3.85. The molecule has 0 unspecified atom stereocenters. The van der Waals surface area contributed by atoms with Crippen LogP contribution in [0.2, 0.25) is 0 Å². The molecule has 0 atom stereocenters. The average Bonchev–Trinajstić information content (AvgIpc) is 3.27. The number of aromatic nitrogens is 3. The predicted molar refractivity (Wildman–Crippen MR) is 113 cm³/mol. The van der Waals surface area contributed by atoms with E-state index in [-0.39, 0.29) is 5.56 Å². The van der Waals surface area contributed by atoms with E-state index in [1.54, 1.807) is 0 Å². The van der Waals surface area contributed by atoms with Gasteiger partial charge < -0.3 is 4.74 Å². The molecule has 2 aromatic carbocycles. The second-order valence-electron chi connectivity index (χ2n) is 6.51. The Kier molecular flexibility index (Phi) is 5.48. The molecule has 0 radical (unpaired) electrons. The van der Waals surface area contributed by atoms with Crippen LogP contribution in [0.5, 0.6) is 5.75 Å². The van der Waals surface area contributed by atoms with Crippen molar-refractivity contribution in [2.24, 2.45) is 0 Å². The fourth-order valence-electron chi connectivity index (χ4n) is 2.95. The monoisotopic (exact) mass is 391 g/mol. The molecule has 0 aliphatic heterocycles. The van der Waals surface area contributed by atoms with Crippen LogP contribution in [0.25, 0.3) is 22.4 Å². The summed E-state index contributed by atoms with van der Waals surface area (Å²) in [4.78, 5) is 17.9. The van der Waals surface area contributed by atoms with Crippen LogP contribution in [0.4, 0.5) is 0 Å². The lowest BCUT2D eigenvalue weighted by Gasteiger charge is -2.08. The van der Waals surface area contributed by atoms with Crippen molar-refractivity contribution in [2.75, 3.05) is 6.61 Å². The third-order valence-electron chi connectivity index (χ3n) is 4.42. The zero-order valence-corrected chi connectivity index (χ0v) is 16.5. The maximum Gasteiger partial charge on any atom is 0.291 e. The van der Waals surface area contributed by atoms with Crippen LogP contribution < -0.4 is 14.8 Å². The van der Waals surface area contributed by atoms with Crippen molar-refractivity contribution >= 4 is 22.4 Å². The molecule has 0 aliphatic rings. The lowest BCUT2D eigenvalue weighted by molar-refractivity contribution is 0.305.